The molecule has 1 N–H and O–H groups in total. The first-order valence-electron chi connectivity index (χ1n) is 3.84. The third-order valence-corrected chi connectivity index (χ3v) is 2.78. The van der Waals surface area contributed by atoms with E-state index in [9.17, 15) is 3.89 Å². The Morgan fingerprint density at radius 3 is 2.83 bits per heavy atom. The van der Waals surface area contributed by atoms with E-state index in [0.717, 1.165) is 5.69 Å². The van der Waals surface area contributed by atoms with Crippen LogP contribution in [0, 0.1) is 0 Å². The second-order valence-electron chi connectivity index (χ2n) is 2.88. The first-order chi connectivity index (χ1) is 5.83. The van der Waals surface area contributed by atoms with Gasteiger partial charge < -0.3 is 0 Å². The molecule has 12 heavy (non-hydrogen) atoms. The smallest absolute Gasteiger partial charge is 0.200 e. The SMILES string of the molecule is CC1C(SF)=[NH+]c2ccccc21. The highest BCUT2D eigenvalue weighted by Crippen LogP contribution is 2.28. The van der Waals surface area contributed by atoms with Crippen LogP contribution in [0.5, 0.6) is 0 Å². The highest BCUT2D eigenvalue weighted by molar-refractivity contribution is 8.09. The summed E-state index contributed by atoms with van der Waals surface area (Å²) >= 11 is 0.303. The quantitative estimate of drug-likeness (QED) is 0.642. The summed E-state index contributed by atoms with van der Waals surface area (Å²) in [6, 6.07) is 7.92. The Kier molecular flexibility index (Phi) is 1.89. The number of rotatable bonds is 0. The molecule has 1 aliphatic heterocycles. The number of fused-ring (bicyclic) bond motifs is 1. The molecule has 1 aromatic carbocycles. The predicted molar refractivity (Wildman–Crippen MR) is 49.2 cm³/mol. The lowest BCUT2D eigenvalue weighted by Gasteiger charge is -1.97. The van der Waals surface area contributed by atoms with E-state index in [-0.39, 0.29) is 5.92 Å². The molecule has 1 aromatic rings. The van der Waals surface area contributed by atoms with Crippen molar-refractivity contribution in [3.05, 3.63) is 29.8 Å². The van der Waals surface area contributed by atoms with E-state index in [1.807, 2.05) is 31.2 Å². The van der Waals surface area contributed by atoms with Crippen molar-refractivity contribution in [3.63, 3.8) is 0 Å². The number of hydrogen-bond acceptors (Lipinski definition) is 1. The molecule has 0 saturated heterocycles. The minimum absolute atomic E-state index is 0.177. The zero-order valence-electron chi connectivity index (χ0n) is 6.67. The molecule has 1 aliphatic rings. The number of para-hydroxylation sites is 1. The Hall–Kier alpha value is -0.830. The van der Waals surface area contributed by atoms with E-state index < -0.39 is 0 Å². The maximum atomic E-state index is 12.3. The van der Waals surface area contributed by atoms with Crippen LogP contribution in [0.15, 0.2) is 24.3 Å². The predicted octanol–water partition coefficient (Wildman–Crippen LogP) is 1.53. The number of nitrogens with one attached hydrogen (secondary N) is 1. The molecule has 1 unspecified atom stereocenters. The molecule has 1 atom stereocenters. The highest BCUT2D eigenvalue weighted by atomic mass is 32.2. The molecular formula is C9H9FNS+. The summed E-state index contributed by atoms with van der Waals surface area (Å²) in [5.74, 6) is 0.177. The van der Waals surface area contributed by atoms with E-state index >= 15 is 0 Å². The molecule has 0 bridgehead atoms. The third-order valence-electron chi connectivity index (χ3n) is 2.16. The summed E-state index contributed by atoms with van der Waals surface area (Å²) in [4.78, 5) is 3.04. The van der Waals surface area contributed by atoms with Gasteiger partial charge in [0, 0.05) is 11.6 Å². The van der Waals surface area contributed by atoms with Crippen LogP contribution in [0.1, 0.15) is 18.4 Å². The fraction of sp³-hybridized carbons (Fsp3) is 0.222. The Bertz CT molecular complexity index is 335. The summed E-state index contributed by atoms with van der Waals surface area (Å²) in [7, 11) is 0. The van der Waals surface area contributed by atoms with Crippen molar-refractivity contribution in [1.29, 1.82) is 0 Å². The molecule has 0 amide bonds. The minimum atomic E-state index is 0.177. The van der Waals surface area contributed by atoms with Crippen LogP contribution in [0.2, 0.25) is 0 Å². The van der Waals surface area contributed by atoms with Crippen LogP contribution < -0.4 is 4.99 Å². The van der Waals surface area contributed by atoms with Gasteiger partial charge in [0.25, 0.3) is 5.04 Å². The molecular weight excluding hydrogens is 173 g/mol. The van der Waals surface area contributed by atoms with E-state index in [0.29, 0.717) is 17.2 Å². The van der Waals surface area contributed by atoms with Gasteiger partial charge in [0.05, 0.1) is 5.92 Å². The van der Waals surface area contributed by atoms with Gasteiger partial charge in [-0.25, -0.2) is 4.99 Å². The molecule has 0 fully saturated rings. The Balaban J connectivity index is 2.47. The van der Waals surface area contributed by atoms with Gasteiger partial charge in [0.2, 0.25) is 5.69 Å². The molecule has 0 radical (unpaired) electrons. The molecule has 1 heterocycles. The van der Waals surface area contributed by atoms with Crippen molar-refractivity contribution in [1.82, 2.24) is 0 Å². The Morgan fingerprint density at radius 2 is 2.17 bits per heavy atom. The summed E-state index contributed by atoms with van der Waals surface area (Å²) in [6.45, 7) is 2.00. The van der Waals surface area contributed by atoms with Gasteiger partial charge in [-0.1, -0.05) is 18.2 Å². The average Bonchev–Trinajstić information content (AvgIpc) is 2.44. The number of hydrogen-bond donors (Lipinski definition) is 1. The van der Waals surface area contributed by atoms with Gasteiger partial charge in [0.1, 0.15) is 12.1 Å². The lowest BCUT2D eigenvalue weighted by Crippen LogP contribution is -2.62. The van der Waals surface area contributed by atoms with Crippen LogP contribution in [0.25, 0.3) is 0 Å². The molecule has 62 valence electrons. The standard InChI is InChI=1S/C9H8FNS/c1-6-7-4-2-3-5-8(7)11-9(6)12-10/h2-6H,1H3/p+1. The van der Waals surface area contributed by atoms with Gasteiger partial charge in [-0.3, -0.25) is 0 Å². The topological polar surface area (TPSA) is 14.0 Å². The molecule has 3 heteroatoms. The van der Waals surface area contributed by atoms with E-state index in [4.69, 9.17) is 0 Å². The molecule has 1 nitrogen and oxygen atoms in total. The molecule has 0 aliphatic carbocycles. The van der Waals surface area contributed by atoms with E-state index in [1.54, 1.807) is 0 Å². The second-order valence-corrected chi connectivity index (χ2v) is 3.47. The van der Waals surface area contributed by atoms with Gasteiger partial charge in [-0.15, -0.1) is 0 Å². The van der Waals surface area contributed by atoms with Crippen molar-refractivity contribution in [2.75, 3.05) is 0 Å². The zero-order valence-corrected chi connectivity index (χ0v) is 7.49. The Morgan fingerprint density at radius 1 is 1.42 bits per heavy atom. The van der Waals surface area contributed by atoms with Crippen molar-refractivity contribution in [2.45, 2.75) is 12.8 Å². The summed E-state index contributed by atoms with van der Waals surface area (Å²) in [6.07, 6.45) is 0. The van der Waals surface area contributed by atoms with Gasteiger partial charge in [0.15, 0.2) is 0 Å². The maximum absolute atomic E-state index is 12.3. The fourth-order valence-electron chi connectivity index (χ4n) is 1.46. The van der Waals surface area contributed by atoms with Crippen molar-refractivity contribution < 1.29 is 8.88 Å². The largest absolute Gasteiger partial charge is 0.254 e. The minimum Gasteiger partial charge on any atom is -0.200 e. The van der Waals surface area contributed by atoms with Crippen LogP contribution in [0.4, 0.5) is 9.57 Å². The van der Waals surface area contributed by atoms with Crippen LogP contribution in [-0.4, -0.2) is 5.04 Å². The van der Waals surface area contributed by atoms with E-state index in [2.05, 4.69) is 4.99 Å². The highest BCUT2D eigenvalue weighted by Gasteiger charge is 2.30. The lowest BCUT2D eigenvalue weighted by atomic mass is 10.0. The van der Waals surface area contributed by atoms with Gasteiger partial charge in [-0.05, 0) is 6.92 Å². The third kappa shape index (κ3) is 1.05. The molecule has 0 saturated carbocycles. The summed E-state index contributed by atoms with van der Waals surface area (Å²) in [5.41, 5.74) is 2.21. The van der Waals surface area contributed by atoms with Gasteiger partial charge >= 0.3 is 0 Å². The second kappa shape index (κ2) is 2.90. The molecule has 2 rings (SSSR count). The summed E-state index contributed by atoms with van der Waals surface area (Å²) < 4.78 is 12.3. The van der Waals surface area contributed by atoms with Crippen LogP contribution >= 0.6 is 12.1 Å². The van der Waals surface area contributed by atoms with Crippen molar-refractivity contribution >= 4 is 22.9 Å². The number of benzene rings is 1. The first-order valence-corrected chi connectivity index (χ1v) is 4.56. The molecule has 0 spiro atoms. The fourth-order valence-corrected chi connectivity index (χ4v) is 1.87. The monoisotopic (exact) mass is 182 g/mol. The van der Waals surface area contributed by atoms with Crippen LogP contribution in [-0.2, 0) is 0 Å². The van der Waals surface area contributed by atoms with Crippen molar-refractivity contribution in [2.24, 2.45) is 0 Å². The number of halogens is 1. The van der Waals surface area contributed by atoms with Gasteiger partial charge in [-0.2, -0.15) is 3.89 Å². The normalized spacial score (nSPS) is 20.5. The maximum Gasteiger partial charge on any atom is 0.254 e. The van der Waals surface area contributed by atoms with Crippen molar-refractivity contribution in [3.8, 4) is 0 Å². The zero-order chi connectivity index (χ0) is 8.55. The Labute approximate surface area is 75.0 Å². The first kappa shape index (κ1) is 7.80. The summed E-state index contributed by atoms with van der Waals surface area (Å²) in [5, 5.41) is 0.691. The van der Waals surface area contributed by atoms with Crippen LogP contribution in [0.3, 0.4) is 0 Å². The molecule has 0 aromatic heterocycles. The van der Waals surface area contributed by atoms with E-state index in [1.165, 1.54) is 5.56 Å². The average molecular weight is 182 g/mol. The lowest BCUT2D eigenvalue weighted by molar-refractivity contribution is -0.346.